The number of nitrogens with one attached hydrogen (secondary N) is 2. The van der Waals surface area contributed by atoms with Crippen molar-refractivity contribution in [3.63, 3.8) is 0 Å². The van der Waals surface area contributed by atoms with Crippen LogP contribution in [0.4, 0.5) is 5.69 Å². The molecule has 21 heavy (non-hydrogen) atoms. The molecule has 2 rings (SSSR count). The van der Waals surface area contributed by atoms with E-state index in [4.69, 9.17) is 5.26 Å². The molecule has 0 radical (unpaired) electrons. The monoisotopic (exact) mass is 279 g/mol. The first kappa shape index (κ1) is 14.6. The number of hydrogen-bond acceptors (Lipinski definition) is 3. The molecule has 4 nitrogen and oxygen atoms in total. The number of benzene rings is 2. The first-order chi connectivity index (χ1) is 10.2. The topological polar surface area (TPSA) is 64.9 Å². The van der Waals surface area contributed by atoms with Gasteiger partial charge in [-0.3, -0.25) is 4.79 Å². The van der Waals surface area contributed by atoms with Gasteiger partial charge in [0, 0.05) is 6.54 Å². The van der Waals surface area contributed by atoms with Crippen molar-refractivity contribution in [2.45, 2.75) is 13.5 Å². The summed E-state index contributed by atoms with van der Waals surface area (Å²) in [7, 11) is 0. The van der Waals surface area contributed by atoms with Gasteiger partial charge in [-0.25, -0.2) is 0 Å². The van der Waals surface area contributed by atoms with Crippen molar-refractivity contribution < 1.29 is 4.79 Å². The normalized spacial score (nSPS) is 9.71. The predicted molar refractivity (Wildman–Crippen MR) is 82.7 cm³/mol. The van der Waals surface area contributed by atoms with Gasteiger partial charge in [-0.15, -0.1) is 0 Å². The van der Waals surface area contributed by atoms with Crippen molar-refractivity contribution in [3.05, 3.63) is 65.2 Å². The van der Waals surface area contributed by atoms with Crippen LogP contribution in [0.25, 0.3) is 0 Å². The number of nitriles is 1. The molecule has 0 bridgehead atoms. The Bertz CT molecular complexity index is 659. The van der Waals surface area contributed by atoms with Crippen molar-refractivity contribution in [2.75, 3.05) is 11.9 Å². The maximum atomic E-state index is 11.8. The maximum Gasteiger partial charge on any atom is 0.239 e. The minimum absolute atomic E-state index is 0.107. The molecule has 0 saturated heterocycles. The molecule has 0 spiro atoms. The van der Waals surface area contributed by atoms with Crippen molar-refractivity contribution in [1.29, 1.82) is 5.26 Å². The Kier molecular flexibility index (Phi) is 4.94. The van der Waals surface area contributed by atoms with E-state index in [2.05, 4.69) is 16.7 Å². The summed E-state index contributed by atoms with van der Waals surface area (Å²) in [5, 5.41) is 14.9. The SMILES string of the molecule is Cc1ccc(C#N)c(NCC(=O)NCc2ccccc2)c1. The number of rotatable bonds is 5. The zero-order valence-electron chi connectivity index (χ0n) is 11.9. The summed E-state index contributed by atoms with van der Waals surface area (Å²) in [6, 6.07) is 17.3. The van der Waals surface area contributed by atoms with E-state index in [1.165, 1.54) is 0 Å². The summed E-state index contributed by atoms with van der Waals surface area (Å²) in [6.07, 6.45) is 0. The highest BCUT2D eigenvalue weighted by molar-refractivity contribution is 5.81. The summed E-state index contributed by atoms with van der Waals surface area (Å²) in [5.74, 6) is -0.107. The fourth-order valence-electron chi connectivity index (χ4n) is 1.94. The highest BCUT2D eigenvalue weighted by Gasteiger charge is 2.05. The van der Waals surface area contributed by atoms with E-state index in [1.54, 1.807) is 6.07 Å². The van der Waals surface area contributed by atoms with Gasteiger partial charge in [0.05, 0.1) is 17.8 Å². The van der Waals surface area contributed by atoms with Crippen LogP contribution in [0.5, 0.6) is 0 Å². The Balaban J connectivity index is 1.87. The second kappa shape index (κ2) is 7.11. The zero-order valence-corrected chi connectivity index (χ0v) is 11.9. The van der Waals surface area contributed by atoms with Crippen LogP contribution in [0.3, 0.4) is 0 Å². The maximum absolute atomic E-state index is 11.8. The van der Waals surface area contributed by atoms with Gasteiger partial charge in [0.1, 0.15) is 6.07 Å². The summed E-state index contributed by atoms with van der Waals surface area (Å²) >= 11 is 0. The molecule has 0 heterocycles. The fourth-order valence-corrected chi connectivity index (χ4v) is 1.94. The molecule has 0 atom stereocenters. The third-order valence-electron chi connectivity index (χ3n) is 3.07. The number of nitrogens with zero attached hydrogens (tertiary/aromatic N) is 1. The molecule has 106 valence electrons. The lowest BCUT2D eigenvalue weighted by Crippen LogP contribution is -2.29. The minimum Gasteiger partial charge on any atom is -0.375 e. The molecule has 0 aliphatic carbocycles. The molecule has 0 unspecified atom stereocenters. The van der Waals surface area contributed by atoms with Crippen LogP contribution in [-0.2, 0) is 11.3 Å². The van der Waals surface area contributed by atoms with Crippen LogP contribution >= 0.6 is 0 Å². The van der Waals surface area contributed by atoms with Crippen molar-refractivity contribution in [3.8, 4) is 6.07 Å². The van der Waals surface area contributed by atoms with Gasteiger partial charge in [0.2, 0.25) is 5.91 Å². The van der Waals surface area contributed by atoms with Crippen LogP contribution in [-0.4, -0.2) is 12.5 Å². The van der Waals surface area contributed by atoms with E-state index >= 15 is 0 Å². The Morgan fingerprint density at radius 3 is 2.67 bits per heavy atom. The molecule has 0 fully saturated rings. The molecule has 2 aromatic rings. The minimum atomic E-state index is -0.107. The van der Waals surface area contributed by atoms with Gasteiger partial charge in [0.25, 0.3) is 0 Å². The molecule has 0 saturated carbocycles. The number of anilines is 1. The molecule has 0 aliphatic rings. The number of carbonyl (C=O) groups excluding carboxylic acids is 1. The first-order valence-electron chi connectivity index (χ1n) is 6.74. The Morgan fingerprint density at radius 1 is 1.19 bits per heavy atom. The second-order valence-electron chi connectivity index (χ2n) is 4.78. The predicted octanol–water partition coefficient (Wildman–Crippen LogP) is 2.60. The molecule has 4 heteroatoms. The van der Waals surface area contributed by atoms with Crippen molar-refractivity contribution in [1.82, 2.24) is 5.32 Å². The van der Waals surface area contributed by atoms with Crippen LogP contribution in [0.15, 0.2) is 48.5 Å². The highest BCUT2D eigenvalue weighted by atomic mass is 16.1. The summed E-state index contributed by atoms with van der Waals surface area (Å²) < 4.78 is 0. The van der Waals surface area contributed by atoms with E-state index in [0.29, 0.717) is 17.8 Å². The van der Waals surface area contributed by atoms with E-state index in [0.717, 1.165) is 11.1 Å². The van der Waals surface area contributed by atoms with Gasteiger partial charge in [-0.05, 0) is 30.2 Å². The van der Waals surface area contributed by atoms with Crippen LogP contribution in [0.2, 0.25) is 0 Å². The van der Waals surface area contributed by atoms with E-state index in [-0.39, 0.29) is 12.5 Å². The molecular weight excluding hydrogens is 262 g/mol. The van der Waals surface area contributed by atoms with Crippen LogP contribution in [0, 0.1) is 18.3 Å². The molecule has 1 amide bonds. The largest absolute Gasteiger partial charge is 0.375 e. The smallest absolute Gasteiger partial charge is 0.239 e. The van der Waals surface area contributed by atoms with Crippen LogP contribution < -0.4 is 10.6 Å². The lowest BCUT2D eigenvalue weighted by molar-refractivity contribution is -0.119. The summed E-state index contributed by atoms with van der Waals surface area (Å²) in [5.41, 5.74) is 3.32. The molecule has 2 aromatic carbocycles. The zero-order chi connectivity index (χ0) is 15.1. The quantitative estimate of drug-likeness (QED) is 0.884. The van der Waals surface area contributed by atoms with Crippen molar-refractivity contribution >= 4 is 11.6 Å². The summed E-state index contributed by atoms with van der Waals surface area (Å²) in [6.45, 7) is 2.59. The van der Waals surface area contributed by atoms with Gasteiger partial charge < -0.3 is 10.6 Å². The van der Waals surface area contributed by atoms with E-state index < -0.39 is 0 Å². The number of amides is 1. The Hall–Kier alpha value is -2.80. The first-order valence-corrected chi connectivity index (χ1v) is 6.74. The number of aryl methyl sites for hydroxylation is 1. The van der Waals surface area contributed by atoms with Gasteiger partial charge in [-0.2, -0.15) is 5.26 Å². The fraction of sp³-hybridized carbons (Fsp3) is 0.176. The summed E-state index contributed by atoms with van der Waals surface area (Å²) in [4.78, 5) is 11.8. The van der Waals surface area contributed by atoms with E-state index in [9.17, 15) is 4.79 Å². The standard InChI is InChI=1S/C17H17N3O/c1-13-7-8-15(10-18)16(9-13)19-12-17(21)20-11-14-5-3-2-4-6-14/h2-9,19H,11-12H2,1H3,(H,20,21). The van der Waals surface area contributed by atoms with Gasteiger partial charge >= 0.3 is 0 Å². The van der Waals surface area contributed by atoms with Gasteiger partial charge in [-0.1, -0.05) is 36.4 Å². The number of carbonyl (C=O) groups is 1. The lowest BCUT2D eigenvalue weighted by Gasteiger charge is -2.10. The Morgan fingerprint density at radius 2 is 1.95 bits per heavy atom. The third-order valence-corrected chi connectivity index (χ3v) is 3.07. The second-order valence-corrected chi connectivity index (χ2v) is 4.78. The molecular formula is C17H17N3O. The molecule has 0 aromatic heterocycles. The highest BCUT2D eigenvalue weighted by Crippen LogP contribution is 2.16. The molecule has 2 N–H and O–H groups in total. The molecule has 0 aliphatic heterocycles. The average Bonchev–Trinajstić information content (AvgIpc) is 2.52. The van der Waals surface area contributed by atoms with Gasteiger partial charge in [0.15, 0.2) is 0 Å². The van der Waals surface area contributed by atoms with Crippen molar-refractivity contribution in [2.24, 2.45) is 0 Å². The third kappa shape index (κ3) is 4.36. The Labute approximate surface area is 124 Å². The van der Waals surface area contributed by atoms with E-state index in [1.807, 2.05) is 49.4 Å². The number of hydrogen-bond donors (Lipinski definition) is 2. The average molecular weight is 279 g/mol. The van der Waals surface area contributed by atoms with Crippen LogP contribution in [0.1, 0.15) is 16.7 Å². The lowest BCUT2D eigenvalue weighted by atomic mass is 10.1.